The lowest BCUT2D eigenvalue weighted by Gasteiger charge is -2.00. The quantitative estimate of drug-likeness (QED) is 0.552. The van der Waals surface area contributed by atoms with Crippen molar-refractivity contribution in [2.24, 2.45) is 0 Å². The van der Waals surface area contributed by atoms with Crippen molar-refractivity contribution in [2.75, 3.05) is 5.75 Å². The molecule has 1 aromatic rings. The maximum Gasteiger partial charge on any atom is 0.136 e. The van der Waals surface area contributed by atoms with Crippen molar-refractivity contribution in [3.05, 3.63) is 29.8 Å². The van der Waals surface area contributed by atoms with Crippen molar-refractivity contribution < 1.29 is 8.78 Å². The summed E-state index contributed by atoms with van der Waals surface area (Å²) >= 11 is 1.15. The number of thioether (sulfide) groups is 1. The molecule has 13 heavy (non-hydrogen) atoms. The summed E-state index contributed by atoms with van der Waals surface area (Å²) in [6, 6.07) is 5.23. The van der Waals surface area contributed by atoms with Crippen LogP contribution in [0.2, 0.25) is 0 Å². The first-order valence-electron chi connectivity index (χ1n) is 3.69. The number of halogens is 2. The summed E-state index contributed by atoms with van der Waals surface area (Å²) in [7, 11) is 0. The first-order valence-corrected chi connectivity index (χ1v) is 4.67. The van der Waals surface area contributed by atoms with Crippen LogP contribution in [0.5, 0.6) is 0 Å². The van der Waals surface area contributed by atoms with E-state index in [2.05, 4.69) is 0 Å². The van der Waals surface area contributed by atoms with Crippen LogP contribution in [0.15, 0.2) is 23.1 Å². The Hall–Kier alpha value is -1.08. The molecule has 0 spiro atoms. The van der Waals surface area contributed by atoms with Crippen molar-refractivity contribution in [1.29, 1.82) is 5.26 Å². The molecule has 4 heteroatoms. The predicted molar refractivity (Wildman–Crippen MR) is 47.3 cm³/mol. The van der Waals surface area contributed by atoms with E-state index < -0.39 is 11.6 Å². The van der Waals surface area contributed by atoms with Crippen molar-refractivity contribution in [2.45, 2.75) is 11.3 Å². The second kappa shape index (κ2) is 4.83. The molecule has 0 saturated heterocycles. The number of rotatable bonds is 3. The Morgan fingerprint density at radius 3 is 2.85 bits per heavy atom. The van der Waals surface area contributed by atoms with Gasteiger partial charge in [-0.3, -0.25) is 0 Å². The Bertz CT molecular complexity index is 333. The van der Waals surface area contributed by atoms with E-state index >= 15 is 0 Å². The van der Waals surface area contributed by atoms with Crippen molar-refractivity contribution >= 4 is 11.8 Å². The summed E-state index contributed by atoms with van der Waals surface area (Å²) in [5.41, 5.74) is 0. The standard InChI is InChI=1S/C9H7F2NS/c10-7-2-3-8(11)9(6-7)13-5-1-4-12/h2-3,6H,1,5H2. The minimum atomic E-state index is -0.458. The van der Waals surface area contributed by atoms with Gasteiger partial charge in [0.2, 0.25) is 0 Å². The van der Waals surface area contributed by atoms with E-state index in [1.165, 1.54) is 0 Å². The highest BCUT2D eigenvalue weighted by Gasteiger charge is 2.03. The predicted octanol–water partition coefficient (Wildman–Crippen LogP) is 2.97. The van der Waals surface area contributed by atoms with Gasteiger partial charge in [0, 0.05) is 17.1 Å². The fourth-order valence-corrected chi connectivity index (χ4v) is 1.61. The first-order chi connectivity index (χ1) is 6.24. The number of benzene rings is 1. The number of nitrogens with zero attached hydrogens (tertiary/aromatic N) is 1. The Labute approximate surface area is 79.4 Å². The molecule has 0 radical (unpaired) electrons. The molecule has 0 aliphatic carbocycles. The fraction of sp³-hybridized carbons (Fsp3) is 0.222. The molecular formula is C9H7F2NS. The highest BCUT2D eigenvalue weighted by Crippen LogP contribution is 2.22. The molecule has 0 saturated carbocycles. The van der Waals surface area contributed by atoms with Gasteiger partial charge in [0.15, 0.2) is 0 Å². The number of hydrogen-bond acceptors (Lipinski definition) is 2. The highest BCUT2D eigenvalue weighted by molar-refractivity contribution is 7.99. The molecule has 1 aromatic carbocycles. The largest absolute Gasteiger partial charge is 0.207 e. The maximum atomic E-state index is 12.9. The molecule has 1 nitrogen and oxygen atoms in total. The van der Waals surface area contributed by atoms with E-state index in [9.17, 15) is 8.78 Å². The minimum absolute atomic E-state index is 0.259. The molecule has 0 aliphatic rings. The lowest BCUT2D eigenvalue weighted by atomic mass is 10.3. The molecule has 1 rings (SSSR count). The monoisotopic (exact) mass is 199 g/mol. The van der Waals surface area contributed by atoms with E-state index in [4.69, 9.17) is 5.26 Å². The minimum Gasteiger partial charge on any atom is -0.207 e. The van der Waals surface area contributed by atoms with Crippen LogP contribution in [0, 0.1) is 23.0 Å². The van der Waals surface area contributed by atoms with E-state index in [1.54, 1.807) is 0 Å². The van der Waals surface area contributed by atoms with Gasteiger partial charge in [-0.25, -0.2) is 8.78 Å². The van der Waals surface area contributed by atoms with Gasteiger partial charge in [-0.15, -0.1) is 11.8 Å². The molecule has 0 bridgehead atoms. The van der Waals surface area contributed by atoms with Crippen LogP contribution in [-0.2, 0) is 0 Å². The van der Waals surface area contributed by atoms with Gasteiger partial charge in [0.1, 0.15) is 11.6 Å². The van der Waals surface area contributed by atoms with Crippen LogP contribution in [-0.4, -0.2) is 5.75 Å². The van der Waals surface area contributed by atoms with Crippen LogP contribution < -0.4 is 0 Å². The van der Waals surface area contributed by atoms with E-state index in [1.807, 2.05) is 6.07 Å². The summed E-state index contributed by atoms with van der Waals surface area (Å²) in [6.45, 7) is 0. The van der Waals surface area contributed by atoms with Gasteiger partial charge in [-0.1, -0.05) is 0 Å². The van der Waals surface area contributed by atoms with Gasteiger partial charge in [-0.05, 0) is 18.2 Å². The Morgan fingerprint density at radius 1 is 1.38 bits per heavy atom. The molecule has 0 fully saturated rings. The normalized spacial score (nSPS) is 9.62. The van der Waals surface area contributed by atoms with Crippen LogP contribution >= 0.6 is 11.8 Å². The number of hydrogen-bond donors (Lipinski definition) is 0. The van der Waals surface area contributed by atoms with E-state index in [-0.39, 0.29) is 4.90 Å². The van der Waals surface area contributed by atoms with Gasteiger partial charge in [-0.2, -0.15) is 5.26 Å². The molecule has 0 atom stereocenters. The Kier molecular flexibility index (Phi) is 3.71. The highest BCUT2D eigenvalue weighted by atomic mass is 32.2. The molecule has 68 valence electrons. The van der Waals surface area contributed by atoms with Crippen molar-refractivity contribution in [3.8, 4) is 6.07 Å². The Morgan fingerprint density at radius 2 is 2.15 bits per heavy atom. The molecule has 0 heterocycles. The van der Waals surface area contributed by atoms with Crippen LogP contribution in [0.4, 0.5) is 8.78 Å². The summed E-state index contributed by atoms with van der Waals surface area (Å²) in [5.74, 6) is -0.415. The average Bonchev–Trinajstić information content (AvgIpc) is 2.11. The number of nitriles is 1. The third-order valence-corrected chi connectivity index (χ3v) is 2.40. The smallest absolute Gasteiger partial charge is 0.136 e. The maximum absolute atomic E-state index is 12.9. The lowest BCUT2D eigenvalue weighted by molar-refractivity contribution is 0.577. The zero-order chi connectivity index (χ0) is 9.68. The molecule has 0 N–H and O–H groups in total. The fourth-order valence-electron chi connectivity index (χ4n) is 0.794. The van der Waals surface area contributed by atoms with Crippen LogP contribution in [0.25, 0.3) is 0 Å². The van der Waals surface area contributed by atoms with Crippen LogP contribution in [0.3, 0.4) is 0 Å². The second-order valence-electron chi connectivity index (χ2n) is 2.33. The van der Waals surface area contributed by atoms with Crippen LogP contribution in [0.1, 0.15) is 6.42 Å². The topological polar surface area (TPSA) is 23.8 Å². The van der Waals surface area contributed by atoms with E-state index in [0.29, 0.717) is 12.2 Å². The second-order valence-corrected chi connectivity index (χ2v) is 3.47. The lowest BCUT2D eigenvalue weighted by Crippen LogP contribution is -1.85. The molecular weight excluding hydrogens is 192 g/mol. The zero-order valence-corrected chi connectivity index (χ0v) is 7.57. The summed E-state index contributed by atoms with van der Waals surface area (Å²) < 4.78 is 25.5. The molecule has 0 amide bonds. The third kappa shape index (κ3) is 3.03. The van der Waals surface area contributed by atoms with Crippen molar-refractivity contribution in [3.63, 3.8) is 0 Å². The molecule has 0 aromatic heterocycles. The summed E-state index contributed by atoms with van der Waals surface area (Å²) in [4.78, 5) is 0.259. The Balaban J connectivity index is 2.65. The average molecular weight is 199 g/mol. The van der Waals surface area contributed by atoms with E-state index in [0.717, 1.165) is 30.0 Å². The molecule has 0 aliphatic heterocycles. The van der Waals surface area contributed by atoms with Gasteiger partial charge in [0.25, 0.3) is 0 Å². The zero-order valence-electron chi connectivity index (χ0n) is 6.76. The summed E-state index contributed by atoms with van der Waals surface area (Å²) in [6.07, 6.45) is 0.334. The van der Waals surface area contributed by atoms with Gasteiger partial charge >= 0.3 is 0 Å². The van der Waals surface area contributed by atoms with Crippen molar-refractivity contribution in [1.82, 2.24) is 0 Å². The third-order valence-electron chi connectivity index (χ3n) is 1.36. The SMILES string of the molecule is N#CCCSc1cc(F)ccc1F. The first kappa shape index (κ1) is 10.0. The summed E-state index contributed by atoms with van der Waals surface area (Å²) in [5, 5.41) is 8.24. The van der Waals surface area contributed by atoms with Gasteiger partial charge < -0.3 is 0 Å². The molecule has 0 unspecified atom stereocenters. The van der Waals surface area contributed by atoms with Gasteiger partial charge in [0.05, 0.1) is 6.07 Å².